The van der Waals surface area contributed by atoms with Crippen molar-refractivity contribution in [3.8, 4) is 17.2 Å². The molecule has 4 aliphatic rings. The van der Waals surface area contributed by atoms with Gasteiger partial charge in [0.25, 0.3) is 0 Å². The number of allylic oxidation sites excluding steroid dienone is 2. The van der Waals surface area contributed by atoms with Gasteiger partial charge in [-0.1, -0.05) is 65.7 Å². The van der Waals surface area contributed by atoms with Gasteiger partial charge in [0.15, 0.2) is 11.5 Å². The minimum Gasteiger partial charge on any atom is -0.502 e. The first-order valence-corrected chi connectivity index (χ1v) is 17.5. The van der Waals surface area contributed by atoms with Crippen molar-refractivity contribution in [2.75, 3.05) is 24.0 Å². The Morgan fingerprint density at radius 3 is 2.09 bits per heavy atom. The van der Waals surface area contributed by atoms with Gasteiger partial charge in [-0.2, -0.15) is 0 Å². The van der Waals surface area contributed by atoms with Gasteiger partial charge in [-0.3, -0.25) is 24.1 Å². The highest BCUT2D eigenvalue weighted by Crippen LogP contribution is 2.65. The number of methoxy groups -OCH3 is 2. The van der Waals surface area contributed by atoms with Crippen LogP contribution < -0.4 is 19.3 Å². The molecule has 0 aromatic heterocycles. The van der Waals surface area contributed by atoms with Crippen LogP contribution in [-0.2, 0) is 24.6 Å². The third-order valence-corrected chi connectivity index (χ3v) is 11.6. The number of fused-ring (bicyclic) bond motifs is 4. The number of rotatable bonds is 7. The Labute approximate surface area is 309 Å². The van der Waals surface area contributed by atoms with E-state index >= 15 is 4.79 Å². The molecule has 8 rings (SSSR count). The van der Waals surface area contributed by atoms with Gasteiger partial charge in [0.05, 0.1) is 54.3 Å². The molecule has 11 nitrogen and oxygen atoms in total. The summed E-state index contributed by atoms with van der Waals surface area (Å²) >= 11 is 6.39. The third-order valence-electron chi connectivity index (χ3n) is 11.4. The predicted octanol–water partition coefficient (Wildman–Crippen LogP) is 6.13. The number of benzene rings is 4. The molecule has 4 amide bonds. The number of carboxylic acids is 1. The molecule has 2 heterocycles. The first kappa shape index (κ1) is 34.2. The molecule has 0 unspecified atom stereocenters. The lowest BCUT2D eigenvalue weighted by Crippen LogP contribution is -2.53. The molecule has 4 aromatic carbocycles. The fourth-order valence-corrected chi connectivity index (χ4v) is 9.42. The van der Waals surface area contributed by atoms with Crippen molar-refractivity contribution in [2.24, 2.45) is 23.7 Å². The lowest BCUT2D eigenvalue weighted by atomic mass is 9.49. The Balaban J connectivity index is 1.37. The van der Waals surface area contributed by atoms with E-state index < -0.39 is 64.6 Å². The molecule has 4 aromatic rings. The molecule has 6 atom stereocenters. The zero-order valence-electron chi connectivity index (χ0n) is 28.6. The van der Waals surface area contributed by atoms with Crippen LogP contribution in [0.4, 0.5) is 11.4 Å². The molecule has 0 bridgehead atoms. The van der Waals surface area contributed by atoms with Crippen LogP contribution in [0.1, 0.15) is 40.2 Å². The number of nitrogens with zero attached hydrogens (tertiary/aromatic N) is 2. The second-order valence-electron chi connectivity index (χ2n) is 13.7. The number of halogens is 1. The predicted molar refractivity (Wildman–Crippen MR) is 193 cm³/mol. The number of anilines is 2. The number of carbonyl (C=O) groups excluding carboxylic acids is 4. The van der Waals surface area contributed by atoms with Crippen molar-refractivity contribution in [3.05, 3.63) is 124 Å². The summed E-state index contributed by atoms with van der Waals surface area (Å²) < 4.78 is 11.1. The van der Waals surface area contributed by atoms with Crippen LogP contribution in [0.2, 0.25) is 5.02 Å². The van der Waals surface area contributed by atoms with Gasteiger partial charge in [-0.15, -0.1) is 0 Å². The van der Waals surface area contributed by atoms with E-state index in [-0.39, 0.29) is 41.3 Å². The number of carbonyl (C=O) groups is 5. The second kappa shape index (κ2) is 12.6. The summed E-state index contributed by atoms with van der Waals surface area (Å²) in [6, 6.07) is 24.5. The number of hydrogen-bond acceptors (Lipinski definition) is 8. The maximum absolute atomic E-state index is 15.4. The number of imide groups is 2. The first-order valence-electron chi connectivity index (χ1n) is 17.1. The number of aromatic hydroxyl groups is 1. The van der Waals surface area contributed by atoms with Crippen LogP contribution >= 0.6 is 11.6 Å². The van der Waals surface area contributed by atoms with Gasteiger partial charge in [0.1, 0.15) is 0 Å². The summed E-state index contributed by atoms with van der Waals surface area (Å²) in [6.07, 6.45) is 2.13. The molecule has 1 saturated carbocycles. The smallest absolute Gasteiger partial charge is 0.335 e. The van der Waals surface area contributed by atoms with Crippen molar-refractivity contribution in [3.63, 3.8) is 0 Å². The van der Waals surface area contributed by atoms with E-state index in [0.717, 1.165) is 4.90 Å². The highest BCUT2D eigenvalue weighted by Gasteiger charge is 2.70. The Morgan fingerprint density at radius 1 is 0.792 bits per heavy atom. The molecule has 2 N–H and O–H groups in total. The Morgan fingerprint density at radius 2 is 1.45 bits per heavy atom. The normalized spacial score (nSPS) is 26.2. The molecule has 0 radical (unpaired) electrons. The minimum absolute atomic E-state index is 0.0639. The quantitative estimate of drug-likeness (QED) is 0.169. The Kier molecular flexibility index (Phi) is 8.14. The zero-order valence-corrected chi connectivity index (χ0v) is 29.3. The molecule has 2 saturated heterocycles. The fraction of sp³-hybridized carbons (Fsp3) is 0.244. The molecule has 3 fully saturated rings. The number of phenols is 1. The van der Waals surface area contributed by atoms with Crippen LogP contribution in [0, 0.1) is 23.7 Å². The summed E-state index contributed by atoms with van der Waals surface area (Å²) in [5.41, 5.74) is 0.579. The summed E-state index contributed by atoms with van der Waals surface area (Å²) in [6.45, 7) is 0. The highest BCUT2D eigenvalue weighted by molar-refractivity contribution is 6.32. The molecule has 2 aliphatic carbocycles. The van der Waals surface area contributed by atoms with Crippen molar-refractivity contribution in [1.82, 2.24) is 0 Å². The van der Waals surface area contributed by atoms with Gasteiger partial charge < -0.3 is 19.7 Å². The van der Waals surface area contributed by atoms with Crippen molar-refractivity contribution in [1.29, 1.82) is 0 Å². The van der Waals surface area contributed by atoms with E-state index in [0.29, 0.717) is 27.4 Å². The van der Waals surface area contributed by atoms with Crippen LogP contribution in [0.15, 0.2) is 103 Å². The lowest BCUT2D eigenvalue weighted by Gasteiger charge is -2.50. The van der Waals surface area contributed by atoms with Gasteiger partial charge in [0, 0.05) is 10.9 Å². The van der Waals surface area contributed by atoms with Crippen LogP contribution in [0.5, 0.6) is 17.2 Å². The van der Waals surface area contributed by atoms with E-state index in [2.05, 4.69) is 0 Å². The first-order chi connectivity index (χ1) is 25.5. The molecule has 2 aliphatic heterocycles. The van der Waals surface area contributed by atoms with E-state index in [1.54, 1.807) is 48.5 Å². The fourth-order valence-electron chi connectivity index (χ4n) is 9.23. The molecule has 268 valence electrons. The summed E-state index contributed by atoms with van der Waals surface area (Å²) in [5.74, 6) is -7.50. The average Bonchev–Trinajstić information content (AvgIpc) is 3.56. The minimum atomic E-state index is -1.55. The standard InChI is InChI=1S/C41H33ClN2O9/c1-52-31-17-22(18-32(53-2)35(31)45)34-27-14-15-28-33(38(48)43(36(28)46)25-12-6-8-21(16-25)39(49)50)29(27)20-30-37(47)44(26-13-7-11-24(42)19-26)40(51)41(30,34)23-9-4-3-5-10-23/h3-14,16-19,28-30,33-34,45H,15,20H2,1-2H3,(H,49,50)/t28-,29+,30-,33-,34-,41+/m0/s1. The second-order valence-corrected chi connectivity index (χ2v) is 14.2. The SMILES string of the molecule is COc1cc([C@H]2C3=CC[C@@H]4C(=O)N(c5cccc(C(=O)O)c5)C(=O)[C@@H]4[C@@H]3C[C@H]3C(=O)N(c4cccc(Cl)c4)C(=O)[C@@]23c2ccccc2)cc(OC)c1O. The maximum atomic E-state index is 15.4. The topological polar surface area (TPSA) is 151 Å². The maximum Gasteiger partial charge on any atom is 0.335 e. The Hall–Kier alpha value is -5.94. The van der Waals surface area contributed by atoms with Crippen LogP contribution in [0.3, 0.4) is 0 Å². The number of ether oxygens (including phenoxy) is 2. The number of phenolic OH excluding ortho intramolecular Hbond substituents is 1. The largest absolute Gasteiger partial charge is 0.502 e. The lowest BCUT2D eigenvalue weighted by molar-refractivity contribution is -0.127. The monoisotopic (exact) mass is 732 g/mol. The molecular weight excluding hydrogens is 700 g/mol. The van der Waals surface area contributed by atoms with E-state index in [9.17, 15) is 29.4 Å². The highest BCUT2D eigenvalue weighted by atomic mass is 35.5. The molecular formula is C41H33ClN2O9. The molecule has 0 spiro atoms. The van der Waals surface area contributed by atoms with Gasteiger partial charge >= 0.3 is 5.97 Å². The van der Waals surface area contributed by atoms with E-state index in [1.807, 2.05) is 24.3 Å². The number of aromatic carboxylic acids is 1. The third kappa shape index (κ3) is 4.90. The summed E-state index contributed by atoms with van der Waals surface area (Å²) in [5, 5.41) is 20.9. The van der Waals surface area contributed by atoms with Gasteiger partial charge in [-0.25, -0.2) is 9.69 Å². The molecule has 12 heteroatoms. The van der Waals surface area contributed by atoms with Crippen molar-refractivity contribution in [2.45, 2.75) is 24.2 Å². The number of hydrogen-bond donors (Lipinski definition) is 2. The van der Waals surface area contributed by atoms with Gasteiger partial charge in [-0.05, 0) is 78.4 Å². The van der Waals surface area contributed by atoms with Crippen molar-refractivity contribution >= 4 is 52.6 Å². The van der Waals surface area contributed by atoms with Crippen LogP contribution in [0.25, 0.3) is 0 Å². The number of carboxylic acid groups (broad SMARTS) is 1. The van der Waals surface area contributed by atoms with E-state index in [1.165, 1.54) is 43.4 Å². The summed E-state index contributed by atoms with van der Waals surface area (Å²) in [7, 11) is 2.79. The van der Waals surface area contributed by atoms with Gasteiger partial charge in [0.2, 0.25) is 29.4 Å². The Bertz CT molecular complexity index is 2250. The summed E-state index contributed by atoms with van der Waals surface area (Å²) in [4.78, 5) is 73.1. The van der Waals surface area contributed by atoms with Crippen LogP contribution in [-0.4, -0.2) is 54.0 Å². The molecule has 53 heavy (non-hydrogen) atoms. The number of amides is 4. The van der Waals surface area contributed by atoms with Crippen molar-refractivity contribution < 1.29 is 43.7 Å². The van der Waals surface area contributed by atoms with E-state index in [4.69, 9.17) is 21.1 Å². The zero-order chi connectivity index (χ0) is 37.3. The average molecular weight is 733 g/mol.